The standard InChI is InChI=1S/C17H18F3N3O3/c1-2-25-16(24)23-9-3-4-12(10-23)15-22-21-14(26-15)11-5-7-13(8-6-11)17(18,19)20/h5-8,12H,2-4,9-10H2,1H3. The molecule has 3 rings (SSSR count). The van der Waals surface area contributed by atoms with Crippen LogP contribution in [0.4, 0.5) is 18.0 Å². The number of hydrogen-bond donors (Lipinski definition) is 0. The normalized spacial score (nSPS) is 18.0. The van der Waals surface area contributed by atoms with Crippen molar-refractivity contribution in [3.05, 3.63) is 35.7 Å². The molecule has 6 nitrogen and oxygen atoms in total. The van der Waals surface area contributed by atoms with E-state index in [0.29, 0.717) is 31.2 Å². The highest BCUT2D eigenvalue weighted by atomic mass is 19.4. The molecule has 0 aliphatic carbocycles. The lowest BCUT2D eigenvalue weighted by molar-refractivity contribution is -0.137. The lowest BCUT2D eigenvalue weighted by atomic mass is 9.98. The molecule has 1 atom stereocenters. The van der Waals surface area contributed by atoms with E-state index in [1.807, 2.05) is 0 Å². The topological polar surface area (TPSA) is 68.5 Å². The number of aromatic nitrogens is 2. The number of piperidine rings is 1. The third-order valence-corrected chi connectivity index (χ3v) is 4.20. The molecular formula is C17H18F3N3O3. The summed E-state index contributed by atoms with van der Waals surface area (Å²) in [6.45, 7) is 3.06. The summed E-state index contributed by atoms with van der Waals surface area (Å²) >= 11 is 0. The van der Waals surface area contributed by atoms with Gasteiger partial charge in [-0.25, -0.2) is 4.79 Å². The Hall–Kier alpha value is -2.58. The Morgan fingerprint density at radius 1 is 1.31 bits per heavy atom. The molecule has 1 aliphatic rings. The maximum Gasteiger partial charge on any atom is 0.416 e. The van der Waals surface area contributed by atoms with Gasteiger partial charge in [-0.05, 0) is 44.0 Å². The molecule has 1 amide bonds. The summed E-state index contributed by atoms with van der Waals surface area (Å²) in [5.74, 6) is 0.403. The minimum absolute atomic E-state index is 0.121. The van der Waals surface area contributed by atoms with E-state index in [9.17, 15) is 18.0 Å². The minimum atomic E-state index is -4.39. The Labute approximate surface area is 148 Å². The zero-order valence-electron chi connectivity index (χ0n) is 14.1. The van der Waals surface area contributed by atoms with E-state index in [4.69, 9.17) is 9.15 Å². The van der Waals surface area contributed by atoms with Crippen molar-refractivity contribution in [2.75, 3.05) is 19.7 Å². The molecule has 0 bridgehead atoms. The predicted molar refractivity (Wildman–Crippen MR) is 85.3 cm³/mol. The van der Waals surface area contributed by atoms with Crippen LogP contribution in [0, 0.1) is 0 Å². The summed E-state index contributed by atoms with van der Waals surface area (Å²) in [6, 6.07) is 4.54. The average Bonchev–Trinajstić information content (AvgIpc) is 3.12. The van der Waals surface area contributed by atoms with Crippen LogP contribution in [0.3, 0.4) is 0 Å². The smallest absolute Gasteiger partial charge is 0.416 e. The molecule has 1 aromatic heterocycles. The number of ether oxygens (including phenoxy) is 1. The molecule has 1 fully saturated rings. The van der Waals surface area contributed by atoms with E-state index in [-0.39, 0.29) is 17.9 Å². The highest BCUT2D eigenvalue weighted by molar-refractivity contribution is 5.67. The van der Waals surface area contributed by atoms with Gasteiger partial charge in [0.25, 0.3) is 0 Å². The third-order valence-electron chi connectivity index (χ3n) is 4.20. The highest BCUT2D eigenvalue weighted by Crippen LogP contribution is 2.32. The second-order valence-electron chi connectivity index (χ2n) is 6.00. The van der Waals surface area contributed by atoms with Crippen LogP contribution in [-0.2, 0) is 10.9 Å². The SMILES string of the molecule is CCOC(=O)N1CCCC(c2nnc(-c3ccc(C(F)(F)F)cc3)o2)C1. The quantitative estimate of drug-likeness (QED) is 0.815. The molecule has 0 radical (unpaired) electrons. The first-order valence-electron chi connectivity index (χ1n) is 8.31. The molecule has 0 N–H and O–H groups in total. The Balaban J connectivity index is 1.72. The van der Waals surface area contributed by atoms with Gasteiger partial charge in [-0.15, -0.1) is 10.2 Å². The summed E-state index contributed by atoms with van der Waals surface area (Å²) < 4.78 is 48.5. The van der Waals surface area contributed by atoms with Crippen LogP contribution in [0.2, 0.25) is 0 Å². The number of likely N-dealkylation sites (tertiary alicyclic amines) is 1. The molecule has 1 aliphatic heterocycles. The van der Waals surface area contributed by atoms with Crippen molar-refractivity contribution in [2.24, 2.45) is 0 Å². The second kappa shape index (κ2) is 7.35. The first-order valence-corrected chi connectivity index (χ1v) is 8.31. The van der Waals surface area contributed by atoms with Crippen LogP contribution in [0.15, 0.2) is 28.7 Å². The van der Waals surface area contributed by atoms with Crippen molar-refractivity contribution in [1.82, 2.24) is 15.1 Å². The zero-order valence-corrected chi connectivity index (χ0v) is 14.1. The Bertz CT molecular complexity index is 759. The fourth-order valence-corrected chi connectivity index (χ4v) is 2.88. The van der Waals surface area contributed by atoms with Crippen LogP contribution >= 0.6 is 0 Å². The number of halogens is 3. The number of rotatable bonds is 3. The molecular weight excluding hydrogens is 351 g/mol. The van der Waals surface area contributed by atoms with Crippen molar-refractivity contribution in [1.29, 1.82) is 0 Å². The zero-order chi connectivity index (χ0) is 18.7. The number of carbonyl (C=O) groups excluding carboxylic acids is 1. The van der Waals surface area contributed by atoms with Gasteiger partial charge in [0.2, 0.25) is 11.8 Å². The molecule has 1 unspecified atom stereocenters. The van der Waals surface area contributed by atoms with Gasteiger partial charge in [0.05, 0.1) is 18.1 Å². The van der Waals surface area contributed by atoms with Crippen molar-refractivity contribution in [2.45, 2.75) is 31.9 Å². The van der Waals surface area contributed by atoms with E-state index in [1.54, 1.807) is 11.8 Å². The third kappa shape index (κ3) is 3.97. The Morgan fingerprint density at radius 3 is 2.69 bits per heavy atom. The van der Waals surface area contributed by atoms with Gasteiger partial charge in [-0.3, -0.25) is 0 Å². The van der Waals surface area contributed by atoms with E-state index in [2.05, 4.69) is 10.2 Å². The molecule has 2 aromatic rings. The number of benzene rings is 1. The molecule has 140 valence electrons. The van der Waals surface area contributed by atoms with Gasteiger partial charge < -0.3 is 14.1 Å². The van der Waals surface area contributed by atoms with Crippen molar-refractivity contribution < 1.29 is 27.1 Å². The molecule has 1 saturated heterocycles. The summed E-state index contributed by atoms with van der Waals surface area (Å²) in [4.78, 5) is 13.5. The fourth-order valence-electron chi connectivity index (χ4n) is 2.88. The summed E-state index contributed by atoms with van der Waals surface area (Å²) in [6.07, 6.45) is -3.21. The van der Waals surface area contributed by atoms with Crippen LogP contribution < -0.4 is 0 Å². The number of hydrogen-bond acceptors (Lipinski definition) is 5. The number of carbonyl (C=O) groups is 1. The summed E-state index contributed by atoms with van der Waals surface area (Å²) in [5.41, 5.74) is -0.326. The molecule has 0 saturated carbocycles. The average molecular weight is 369 g/mol. The number of amides is 1. The van der Waals surface area contributed by atoms with E-state index < -0.39 is 11.7 Å². The molecule has 9 heteroatoms. The van der Waals surface area contributed by atoms with Crippen LogP contribution in [0.1, 0.15) is 37.1 Å². The van der Waals surface area contributed by atoms with Crippen LogP contribution in [-0.4, -0.2) is 40.9 Å². The van der Waals surface area contributed by atoms with Crippen LogP contribution in [0.25, 0.3) is 11.5 Å². The Morgan fingerprint density at radius 2 is 2.04 bits per heavy atom. The maximum absolute atomic E-state index is 12.6. The summed E-state index contributed by atoms with van der Waals surface area (Å²) in [7, 11) is 0. The summed E-state index contributed by atoms with van der Waals surface area (Å²) in [5, 5.41) is 7.94. The van der Waals surface area contributed by atoms with E-state index in [1.165, 1.54) is 12.1 Å². The van der Waals surface area contributed by atoms with Gasteiger partial charge in [-0.1, -0.05) is 0 Å². The Kier molecular flexibility index (Phi) is 5.15. The fraction of sp³-hybridized carbons (Fsp3) is 0.471. The lowest BCUT2D eigenvalue weighted by Gasteiger charge is -2.30. The monoisotopic (exact) mass is 369 g/mol. The molecule has 0 spiro atoms. The number of nitrogens with zero attached hydrogens (tertiary/aromatic N) is 3. The minimum Gasteiger partial charge on any atom is -0.450 e. The van der Waals surface area contributed by atoms with E-state index in [0.717, 1.165) is 25.0 Å². The molecule has 1 aromatic carbocycles. The number of alkyl halides is 3. The van der Waals surface area contributed by atoms with Crippen LogP contribution in [0.5, 0.6) is 0 Å². The van der Waals surface area contributed by atoms with Crippen molar-refractivity contribution >= 4 is 6.09 Å². The maximum atomic E-state index is 12.6. The lowest BCUT2D eigenvalue weighted by Crippen LogP contribution is -2.39. The van der Waals surface area contributed by atoms with E-state index >= 15 is 0 Å². The molecule has 26 heavy (non-hydrogen) atoms. The predicted octanol–water partition coefficient (Wildman–Crippen LogP) is 4.09. The van der Waals surface area contributed by atoms with Gasteiger partial charge >= 0.3 is 12.3 Å². The first kappa shape index (κ1) is 18.2. The van der Waals surface area contributed by atoms with Gasteiger partial charge in [0.1, 0.15) is 0 Å². The second-order valence-corrected chi connectivity index (χ2v) is 6.00. The van der Waals surface area contributed by atoms with Gasteiger partial charge in [0.15, 0.2) is 0 Å². The van der Waals surface area contributed by atoms with Gasteiger partial charge in [-0.2, -0.15) is 13.2 Å². The first-order chi connectivity index (χ1) is 12.4. The van der Waals surface area contributed by atoms with Gasteiger partial charge in [0, 0.05) is 18.7 Å². The largest absolute Gasteiger partial charge is 0.450 e. The molecule has 2 heterocycles. The van der Waals surface area contributed by atoms with Crippen molar-refractivity contribution in [3.63, 3.8) is 0 Å². The van der Waals surface area contributed by atoms with Crippen molar-refractivity contribution in [3.8, 4) is 11.5 Å². The highest BCUT2D eigenvalue weighted by Gasteiger charge is 2.31.